The lowest BCUT2D eigenvalue weighted by molar-refractivity contribution is 0.0992. The molecule has 1 unspecified atom stereocenters. The molecule has 2 heterocycles. The highest BCUT2D eigenvalue weighted by molar-refractivity contribution is 7.99. The van der Waals surface area contributed by atoms with Crippen molar-refractivity contribution in [2.75, 3.05) is 17.3 Å². The van der Waals surface area contributed by atoms with E-state index in [1.165, 1.54) is 11.3 Å². The molecule has 0 aliphatic rings. The monoisotopic (exact) mass is 321 g/mol. The molecule has 2 aromatic heterocycles. The van der Waals surface area contributed by atoms with Crippen molar-refractivity contribution in [1.29, 1.82) is 0 Å². The molecule has 6 heteroatoms. The van der Waals surface area contributed by atoms with Crippen molar-refractivity contribution in [2.45, 2.75) is 31.2 Å². The van der Waals surface area contributed by atoms with E-state index >= 15 is 0 Å². The maximum absolute atomic E-state index is 12.0. The van der Waals surface area contributed by atoms with Crippen LogP contribution in [0.25, 0.3) is 0 Å². The van der Waals surface area contributed by atoms with Crippen molar-refractivity contribution in [3.63, 3.8) is 0 Å². The molecule has 112 valence electrons. The van der Waals surface area contributed by atoms with E-state index < -0.39 is 0 Å². The van der Waals surface area contributed by atoms with Crippen molar-refractivity contribution in [1.82, 2.24) is 4.98 Å². The molecule has 0 aromatic carbocycles. The number of carbonyl (C=O) groups excluding carboxylic acids is 1. The molecule has 0 fully saturated rings. The van der Waals surface area contributed by atoms with Crippen LogP contribution in [0.5, 0.6) is 0 Å². The molecule has 1 atom stereocenters. The molecule has 21 heavy (non-hydrogen) atoms. The van der Waals surface area contributed by atoms with Crippen molar-refractivity contribution in [2.24, 2.45) is 0 Å². The van der Waals surface area contributed by atoms with Gasteiger partial charge in [-0.1, -0.05) is 6.92 Å². The summed E-state index contributed by atoms with van der Waals surface area (Å²) in [6.45, 7) is 3.93. The Morgan fingerprint density at radius 2 is 2.14 bits per heavy atom. The number of nitrogens with two attached hydrogens (primary N) is 1. The zero-order valence-corrected chi connectivity index (χ0v) is 14.0. The molecular formula is C15H19N3OS2. The van der Waals surface area contributed by atoms with Crippen molar-refractivity contribution in [3.8, 4) is 0 Å². The summed E-state index contributed by atoms with van der Waals surface area (Å²) < 4.78 is 0. The number of aromatic nitrogens is 1. The first-order valence-corrected chi connectivity index (χ1v) is 8.78. The minimum atomic E-state index is 0.0948. The van der Waals surface area contributed by atoms with E-state index in [0.717, 1.165) is 15.5 Å². The fourth-order valence-electron chi connectivity index (χ4n) is 2.03. The summed E-state index contributed by atoms with van der Waals surface area (Å²) >= 11 is 3.01. The fraction of sp³-hybridized carbons (Fsp3) is 0.333. The van der Waals surface area contributed by atoms with Gasteiger partial charge in [0.05, 0.1) is 15.5 Å². The van der Waals surface area contributed by atoms with Gasteiger partial charge in [-0.25, -0.2) is 0 Å². The van der Waals surface area contributed by atoms with Gasteiger partial charge in [-0.05, 0) is 30.9 Å². The zero-order valence-electron chi connectivity index (χ0n) is 12.3. The third kappa shape index (κ3) is 3.39. The van der Waals surface area contributed by atoms with Gasteiger partial charge < -0.3 is 11.1 Å². The van der Waals surface area contributed by atoms with Crippen LogP contribution < -0.4 is 11.1 Å². The minimum Gasteiger partial charge on any atom is -0.396 e. The van der Waals surface area contributed by atoms with Crippen LogP contribution >= 0.6 is 23.1 Å². The lowest BCUT2D eigenvalue weighted by Gasteiger charge is -2.15. The largest absolute Gasteiger partial charge is 0.396 e. The number of thioether (sulfide) groups is 1. The SMILES string of the molecule is CCC(=O)c1sc(NC(C)c2ccncc2)c(SC)c1N. The molecule has 2 aromatic rings. The van der Waals surface area contributed by atoms with Gasteiger partial charge >= 0.3 is 0 Å². The Balaban J connectivity index is 2.29. The molecule has 0 spiro atoms. The number of carbonyl (C=O) groups is 1. The average molecular weight is 321 g/mol. The predicted octanol–water partition coefficient (Wildman–Crippen LogP) is 4.21. The molecule has 4 nitrogen and oxygen atoms in total. The molecule has 0 saturated heterocycles. The minimum absolute atomic E-state index is 0.0948. The summed E-state index contributed by atoms with van der Waals surface area (Å²) in [6, 6.07) is 4.08. The van der Waals surface area contributed by atoms with Gasteiger partial charge in [0.25, 0.3) is 0 Å². The first-order valence-electron chi connectivity index (χ1n) is 6.74. The number of nitrogens with one attached hydrogen (secondary N) is 1. The molecule has 0 saturated carbocycles. The number of anilines is 2. The third-order valence-corrected chi connectivity index (χ3v) is 5.37. The number of hydrogen-bond acceptors (Lipinski definition) is 6. The summed E-state index contributed by atoms with van der Waals surface area (Å²) in [6.07, 6.45) is 5.99. The average Bonchev–Trinajstić information content (AvgIpc) is 2.83. The van der Waals surface area contributed by atoms with Crippen LogP contribution in [0.4, 0.5) is 10.7 Å². The van der Waals surface area contributed by atoms with Gasteiger partial charge in [0.2, 0.25) is 0 Å². The topological polar surface area (TPSA) is 68.0 Å². The number of nitrogen functional groups attached to an aromatic ring is 1. The second-order valence-corrected chi connectivity index (χ2v) is 6.47. The number of nitrogens with zero attached hydrogens (tertiary/aromatic N) is 1. The third-order valence-electron chi connectivity index (χ3n) is 3.23. The van der Waals surface area contributed by atoms with Crippen LogP contribution in [-0.4, -0.2) is 17.0 Å². The normalized spacial score (nSPS) is 12.1. The van der Waals surface area contributed by atoms with Crippen molar-refractivity contribution >= 4 is 39.6 Å². The van der Waals surface area contributed by atoms with E-state index in [0.29, 0.717) is 17.0 Å². The van der Waals surface area contributed by atoms with Gasteiger partial charge in [-0.15, -0.1) is 23.1 Å². The Labute approximate surface area is 133 Å². The second kappa shape index (κ2) is 6.95. The highest BCUT2D eigenvalue weighted by Gasteiger charge is 2.20. The van der Waals surface area contributed by atoms with Crippen LogP contribution in [-0.2, 0) is 0 Å². The van der Waals surface area contributed by atoms with Gasteiger partial charge in [0.1, 0.15) is 5.00 Å². The van der Waals surface area contributed by atoms with Crippen LogP contribution in [0.3, 0.4) is 0 Å². The number of pyridine rings is 1. The predicted molar refractivity (Wildman–Crippen MR) is 91.4 cm³/mol. The molecule has 0 aliphatic carbocycles. The number of ketones is 1. The lowest BCUT2D eigenvalue weighted by atomic mass is 10.1. The Bertz CT molecular complexity index is 625. The van der Waals surface area contributed by atoms with Crippen molar-refractivity contribution < 1.29 is 4.79 Å². The first-order chi connectivity index (χ1) is 10.1. The van der Waals surface area contributed by atoms with Gasteiger partial charge in [0.15, 0.2) is 5.78 Å². The summed E-state index contributed by atoms with van der Waals surface area (Å²) in [5.74, 6) is 0.0948. The summed E-state index contributed by atoms with van der Waals surface area (Å²) in [4.78, 5) is 17.6. The van der Waals surface area contributed by atoms with E-state index in [-0.39, 0.29) is 11.8 Å². The standard InChI is InChI=1S/C15H19N3OS2/c1-4-11(19)13-12(16)14(20-3)15(21-13)18-9(2)10-5-7-17-8-6-10/h5-9,18H,4,16H2,1-3H3. The Morgan fingerprint density at radius 3 is 2.71 bits per heavy atom. The Hall–Kier alpha value is -1.53. The zero-order chi connectivity index (χ0) is 15.4. The molecule has 0 bridgehead atoms. The number of rotatable bonds is 6. The number of hydrogen-bond donors (Lipinski definition) is 2. The number of thiophene rings is 1. The van der Waals surface area contributed by atoms with Crippen LogP contribution in [0.1, 0.15) is 41.5 Å². The van der Waals surface area contributed by atoms with Crippen LogP contribution in [0.15, 0.2) is 29.4 Å². The van der Waals surface area contributed by atoms with E-state index in [1.807, 2.05) is 25.3 Å². The van der Waals surface area contributed by atoms with Crippen molar-refractivity contribution in [3.05, 3.63) is 35.0 Å². The van der Waals surface area contributed by atoms with Crippen LogP contribution in [0, 0.1) is 0 Å². The summed E-state index contributed by atoms with van der Waals surface area (Å²) in [5, 5.41) is 4.41. The van der Waals surface area contributed by atoms with Gasteiger partial charge in [0, 0.05) is 24.9 Å². The van der Waals surface area contributed by atoms with Crippen LogP contribution in [0.2, 0.25) is 0 Å². The van der Waals surface area contributed by atoms with E-state index in [2.05, 4.69) is 17.2 Å². The number of Topliss-reactive ketones (excluding diaryl/α,β-unsaturated/α-hetero) is 1. The molecule has 0 radical (unpaired) electrons. The molecule has 2 rings (SSSR count). The summed E-state index contributed by atoms with van der Waals surface area (Å²) in [7, 11) is 0. The Morgan fingerprint density at radius 1 is 1.48 bits per heavy atom. The first kappa shape index (κ1) is 15.9. The van der Waals surface area contributed by atoms with Gasteiger partial charge in [-0.3, -0.25) is 9.78 Å². The van der Waals surface area contributed by atoms with E-state index in [1.54, 1.807) is 24.2 Å². The molecule has 3 N–H and O–H groups in total. The molecule has 0 aliphatic heterocycles. The fourth-order valence-corrected chi connectivity index (χ4v) is 4.14. The highest BCUT2D eigenvalue weighted by Crippen LogP contribution is 2.43. The molecule has 0 amide bonds. The molecular weight excluding hydrogens is 302 g/mol. The van der Waals surface area contributed by atoms with Gasteiger partial charge in [-0.2, -0.15) is 0 Å². The highest BCUT2D eigenvalue weighted by atomic mass is 32.2. The van der Waals surface area contributed by atoms with E-state index in [4.69, 9.17) is 5.73 Å². The Kier molecular flexibility index (Phi) is 5.25. The lowest BCUT2D eigenvalue weighted by Crippen LogP contribution is -2.06. The smallest absolute Gasteiger partial charge is 0.174 e. The quantitative estimate of drug-likeness (QED) is 0.616. The maximum atomic E-state index is 12.0. The van der Waals surface area contributed by atoms with E-state index in [9.17, 15) is 4.79 Å². The summed E-state index contributed by atoms with van der Waals surface area (Å²) in [5.41, 5.74) is 7.87. The maximum Gasteiger partial charge on any atom is 0.174 e. The second-order valence-electron chi connectivity index (χ2n) is 4.63.